The smallest absolute Gasteiger partial charge is 0.322 e. The second-order valence-electron chi connectivity index (χ2n) is 4.22. The highest BCUT2D eigenvalue weighted by Crippen LogP contribution is 2.23. The van der Waals surface area contributed by atoms with Crippen LogP contribution in [0.5, 0.6) is 0 Å². The monoisotopic (exact) mass is 354 g/mol. The van der Waals surface area contributed by atoms with Gasteiger partial charge in [0.1, 0.15) is 6.54 Å². The molecule has 1 amide bonds. The number of carbonyl (C=O) groups excluding carboxylic acids is 1. The lowest BCUT2D eigenvalue weighted by Gasteiger charge is -2.20. The molecule has 0 heterocycles. The fourth-order valence-corrected chi connectivity index (χ4v) is 1.93. The van der Waals surface area contributed by atoms with Crippen LogP contribution in [0.3, 0.4) is 0 Å². The number of carbonyl (C=O) groups is 2. The molecule has 0 aliphatic heterocycles. The molecule has 0 aromatic heterocycles. The van der Waals surface area contributed by atoms with E-state index in [0.29, 0.717) is 23.1 Å². The first kappa shape index (κ1) is 20.0. The number of hydrogen-bond donors (Lipinski definition) is 2. The Morgan fingerprint density at radius 1 is 1.29 bits per heavy atom. The first-order valence-electron chi connectivity index (χ1n) is 6.07. The third kappa shape index (κ3) is 7.52. The summed E-state index contributed by atoms with van der Waals surface area (Å²) in [6.45, 7) is 2.86. The van der Waals surface area contributed by atoms with Gasteiger partial charge in [0.05, 0.1) is 16.6 Å². The maximum Gasteiger partial charge on any atom is 0.322 e. The van der Waals surface area contributed by atoms with Crippen LogP contribution in [-0.2, 0) is 16.1 Å². The number of rotatable bonds is 7. The third-order valence-electron chi connectivity index (χ3n) is 2.64. The Morgan fingerprint density at radius 2 is 1.95 bits per heavy atom. The molecule has 0 bridgehead atoms. The topological polar surface area (TPSA) is 69.6 Å². The van der Waals surface area contributed by atoms with E-state index in [9.17, 15) is 9.59 Å². The lowest BCUT2D eigenvalue weighted by molar-refractivity contribution is -0.138. The zero-order valence-corrected chi connectivity index (χ0v) is 13.8. The average Bonchev–Trinajstić information content (AvgIpc) is 2.39. The van der Waals surface area contributed by atoms with Crippen LogP contribution in [0.2, 0.25) is 10.0 Å². The highest BCUT2D eigenvalue weighted by molar-refractivity contribution is 6.42. The zero-order chi connectivity index (χ0) is 15.1. The highest BCUT2D eigenvalue weighted by Gasteiger charge is 2.11. The number of halogens is 3. The van der Waals surface area contributed by atoms with Gasteiger partial charge in [-0.2, -0.15) is 0 Å². The molecule has 0 atom stereocenters. The lowest BCUT2D eigenvalue weighted by atomic mass is 10.2. The van der Waals surface area contributed by atoms with Crippen LogP contribution in [0, 0.1) is 0 Å². The standard InChI is InChI=1S/C13H16Cl2N2O3.ClH/c1-2-17(8-12(18)16-6-13(19)20)7-9-3-4-10(14)11(15)5-9;/h3-5H,2,6-8H2,1H3,(H,16,18)(H,19,20);1H. The maximum absolute atomic E-state index is 11.6. The van der Waals surface area contributed by atoms with Gasteiger partial charge in [0.2, 0.25) is 5.91 Å². The van der Waals surface area contributed by atoms with E-state index in [1.165, 1.54) is 0 Å². The molecule has 0 aliphatic carbocycles. The molecule has 0 saturated heterocycles. The van der Waals surface area contributed by atoms with Crippen LogP contribution in [0.25, 0.3) is 0 Å². The average molecular weight is 356 g/mol. The van der Waals surface area contributed by atoms with E-state index in [4.69, 9.17) is 28.3 Å². The summed E-state index contributed by atoms with van der Waals surface area (Å²) < 4.78 is 0. The first-order chi connectivity index (χ1) is 9.42. The minimum atomic E-state index is -1.06. The Morgan fingerprint density at radius 3 is 2.48 bits per heavy atom. The van der Waals surface area contributed by atoms with Gasteiger partial charge in [-0.1, -0.05) is 36.2 Å². The SMILES string of the molecule is CCN(CC(=O)NCC(=O)O)Cc1ccc(Cl)c(Cl)c1.Cl. The molecule has 21 heavy (non-hydrogen) atoms. The van der Waals surface area contributed by atoms with E-state index in [2.05, 4.69) is 5.32 Å². The van der Waals surface area contributed by atoms with E-state index >= 15 is 0 Å². The quantitative estimate of drug-likeness (QED) is 0.788. The molecule has 118 valence electrons. The predicted molar refractivity (Wildman–Crippen MR) is 85.3 cm³/mol. The molecule has 0 radical (unpaired) electrons. The van der Waals surface area contributed by atoms with Crippen LogP contribution in [0.4, 0.5) is 0 Å². The fraction of sp³-hybridized carbons (Fsp3) is 0.385. The molecular weight excluding hydrogens is 339 g/mol. The number of carboxylic acids is 1. The van der Waals surface area contributed by atoms with Gasteiger partial charge in [-0.25, -0.2) is 0 Å². The van der Waals surface area contributed by atoms with Crippen molar-refractivity contribution in [2.24, 2.45) is 0 Å². The molecule has 0 saturated carbocycles. The molecule has 0 aliphatic rings. The van der Waals surface area contributed by atoms with Crippen LogP contribution in [-0.4, -0.2) is 41.5 Å². The van der Waals surface area contributed by atoms with Crippen molar-refractivity contribution in [3.63, 3.8) is 0 Å². The number of likely N-dealkylation sites (N-methyl/N-ethyl adjacent to an activating group) is 1. The molecule has 0 unspecified atom stereocenters. The van der Waals surface area contributed by atoms with Gasteiger partial charge in [0.25, 0.3) is 0 Å². The van der Waals surface area contributed by atoms with E-state index in [0.717, 1.165) is 5.56 Å². The second kappa shape index (κ2) is 9.84. The minimum absolute atomic E-state index is 0. The number of aliphatic carboxylic acids is 1. The Kier molecular flexibility index (Phi) is 9.37. The minimum Gasteiger partial charge on any atom is -0.480 e. The van der Waals surface area contributed by atoms with Crippen molar-refractivity contribution in [1.82, 2.24) is 10.2 Å². The van der Waals surface area contributed by atoms with Crippen molar-refractivity contribution in [1.29, 1.82) is 0 Å². The van der Waals surface area contributed by atoms with Crippen molar-refractivity contribution in [3.05, 3.63) is 33.8 Å². The van der Waals surface area contributed by atoms with E-state index in [-0.39, 0.29) is 31.4 Å². The summed E-state index contributed by atoms with van der Waals surface area (Å²) >= 11 is 11.8. The molecule has 0 fully saturated rings. The summed E-state index contributed by atoms with van der Waals surface area (Å²) in [6.07, 6.45) is 0. The zero-order valence-electron chi connectivity index (χ0n) is 11.4. The van der Waals surface area contributed by atoms with Gasteiger partial charge in [-0.3, -0.25) is 14.5 Å². The Bertz CT molecular complexity index is 498. The number of nitrogens with one attached hydrogen (secondary N) is 1. The molecule has 1 rings (SSSR count). The highest BCUT2D eigenvalue weighted by atomic mass is 35.5. The third-order valence-corrected chi connectivity index (χ3v) is 3.38. The molecular formula is C13H17Cl3N2O3. The number of hydrogen-bond acceptors (Lipinski definition) is 3. The van der Waals surface area contributed by atoms with Crippen molar-refractivity contribution < 1.29 is 14.7 Å². The van der Waals surface area contributed by atoms with Crippen LogP contribution in [0.15, 0.2) is 18.2 Å². The number of nitrogens with zero attached hydrogens (tertiary/aromatic N) is 1. The summed E-state index contributed by atoms with van der Waals surface area (Å²) in [6, 6.07) is 5.30. The van der Waals surface area contributed by atoms with Gasteiger partial charge < -0.3 is 10.4 Å². The lowest BCUT2D eigenvalue weighted by Crippen LogP contribution is -2.38. The Hall–Kier alpha value is -1.01. The van der Waals surface area contributed by atoms with Gasteiger partial charge in [-0.05, 0) is 24.2 Å². The summed E-state index contributed by atoms with van der Waals surface area (Å²) in [7, 11) is 0. The van der Waals surface area contributed by atoms with Crippen LogP contribution >= 0.6 is 35.6 Å². The fourth-order valence-electron chi connectivity index (χ4n) is 1.61. The van der Waals surface area contributed by atoms with Gasteiger partial charge >= 0.3 is 5.97 Å². The van der Waals surface area contributed by atoms with E-state index < -0.39 is 5.97 Å². The Labute approximate surface area is 139 Å². The van der Waals surface area contributed by atoms with Gasteiger partial charge in [0.15, 0.2) is 0 Å². The van der Waals surface area contributed by atoms with Gasteiger partial charge in [-0.15, -0.1) is 12.4 Å². The molecule has 8 heteroatoms. The van der Waals surface area contributed by atoms with Crippen molar-refractivity contribution in [2.45, 2.75) is 13.5 Å². The largest absolute Gasteiger partial charge is 0.480 e. The molecule has 2 N–H and O–H groups in total. The number of benzene rings is 1. The predicted octanol–water partition coefficient (Wildman–Crippen LogP) is 2.44. The van der Waals surface area contributed by atoms with Crippen molar-refractivity contribution in [3.8, 4) is 0 Å². The summed E-state index contributed by atoms with van der Waals surface area (Å²) in [5.74, 6) is -1.39. The Balaban J connectivity index is 0.00000400. The number of carboxylic acid groups (broad SMARTS) is 1. The molecule has 5 nitrogen and oxygen atoms in total. The van der Waals surface area contributed by atoms with Crippen molar-refractivity contribution in [2.75, 3.05) is 19.6 Å². The maximum atomic E-state index is 11.6. The normalized spacial score (nSPS) is 10.1. The van der Waals surface area contributed by atoms with Gasteiger partial charge in [0, 0.05) is 6.54 Å². The van der Waals surface area contributed by atoms with Crippen molar-refractivity contribution >= 4 is 47.5 Å². The summed E-state index contributed by atoms with van der Waals surface area (Å²) in [5, 5.41) is 11.8. The molecule has 0 spiro atoms. The van der Waals surface area contributed by atoms with E-state index in [1.54, 1.807) is 12.1 Å². The van der Waals surface area contributed by atoms with E-state index in [1.807, 2.05) is 17.9 Å². The first-order valence-corrected chi connectivity index (χ1v) is 6.82. The molecule has 1 aromatic carbocycles. The van der Waals surface area contributed by atoms with Crippen LogP contribution in [0.1, 0.15) is 12.5 Å². The van der Waals surface area contributed by atoms with Crippen LogP contribution < -0.4 is 5.32 Å². The molecule has 1 aromatic rings. The summed E-state index contributed by atoms with van der Waals surface area (Å²) in [5.41, 5.74) is 0.937. The number of amides is 1. The second-order valence-corrected chi connectivity index (χ2v) is 5.04. The summed E-state index contributed by atoms with van der Waals surface area (Å²) in [4.78, 5) is 23.8.